The van der Waals surface area contributed by atoms with Crippen molar-refractivity contribution in [2.24, 2.45) is 5.92 Å². The molecular formula is C18H25FN2O2. The van der Waals surface area contributed by atoms with Crippen LogP contribution in [-0.2, 0) is 9.53 Å². The van der Waals surface area contributed by atoms with Crippen LogP contribution in [0.4, 0.5) is 4.39 Å². The first-order valence-corrected chi connectivity index (χ1v) is 8.09. The molecule has 4 nitrogen and oxygen atoms in total. The van der Waals surface area contributed by atoms with Crippen molar-refractivity contribution in [3.63, 3.8) is 0 Å². The lowest BCUT2D eigenvalue weighted by atomic mass is 10.0. The fourth-order valence-corrected chi connectivity index (χ4v) is 2.71. The van der Waals surface area contributed by atoms with E-state index in [9.17, 15) is 9.18 Å². The Morgan fingerprint density at radius 1 is 1.30 bits per heavy atom. The van der Waals surface area contributed by atoms with Gasteiger partial charge >= 0.3 is 0 Å². The second-order valence-electron chi connectivity index (χ2n) is 6.09. The first-order chi connectivity index (χ1) is 11.1. The van der Waals surface area contributed by atoms with E-state index in [2.05, 4.69) is 24.1 Å². The predicted molar refractivity (Wildman–Crippen MR) is 89.5 cm³/mol. The summed E-state index contributed by atoms with van der Waals surface area (Å²) < 4.78 is 18.2. The topological polar surface area (TPSA) is 41.6 Å². The van der Waals surface area contributed by atoms with Gasteiger partial charge < -0.3 is 10.1 Å². The maximum Gasteiger partial charge on any atom is 0.244 e. The van der Waals surface area contributed by atoms with Gasteiger partial charge in [0.15, 0.2) is 0 Å². The molecule has 1 unspecified atom stereocenters. The van der Waals surface area contributed by atoms with Crippen molar-refractivity contribution in [3.05, 3.63) is 41.7 Å². The van der Waals surface area contributed by atoms with Crippen LogP contribution in [0.3, 0.4) is 0 Å². The Balaban J connectivity index is 1.84. The van der Waals surface area contributed by atoms with Crippen LogP contribution in [0.25, 0.3) is 6.08 Å². The Labute approximate surface area is 137 Å². The molecule has 0 spiro atoms. The number of halogens is 1. The predicted octanol–water partition coefficient (Wildman–Crippen LogP) is 2.31. The molecule has 0 saturated carbocycles. The van der Waals surface area contributed by atoms with Crippen molar-refractivity contribution in [2.75, 3.05) is 32.8 Å². The zero-order valence-corrected chi connectivity index (χ0v) is 13.8. The zero-order chi connectivity index (χ0) is 16.7. The minimum Gasteiger partial charge on any atom is -0.379 e. The maximum atomic E-state index is 12.8. The van der Waals surface area contributed by atoms with Gasteiger partial charge in [0.05, 0.1) is 13.2 Å². The normalized spacial score (nSPS) is 17.6. The van der Waals surface area contributed by atoms with Gasteiger partial charge in [-0.2, -0.15) is 0 Å². The van der Waals surface area contributed by atoms with Crippen LogP contribution >= 0.6 is 0 Å². The minimum atomic E-state index is -0.281. The van der Waals surface area contributed by atoms with E-state index < -0.39 is 0 Å². The molecule has 2 rings (SSSR count). The smallest absolute Gasteiger partial charge is 0.244 e. The number of carbonyl (C=O) groups excluding carboxylic acids is 1. The van der Waals surface area contributed by atoms with Crippen molar-refractivity contribution in [2.45, 2.75) is 19.9 Å². The Morgan fingerprint density at radius 2 is 1.96 bits per heavy atom. The van der Waals surface area contributed by atoms with Gasteiger partial charge in [0, 0.05) is 31.8 Å². The number of hydrogen-bond donors (Lipinski definition) is 1. The molecule has 1 fully saturated rings. The minimum absolute atomic E-state index is 0.131. The molecule has 0 aromatic heterocycles. The summed E-state index contributed by atoms with van der Waals surface area (Å²) in [6, 6.07) is 6.35. The standard InChI is InChI=1S/C18H25FN2O2/c1-14(2)17(21-9-11-23-12-10-21)13-20-18(22)8-5-15-3-6-16(19)7-4-15/h3-8,14,17H,9-13H2,1-2H3,(H,20,22)/b8-5+. The number of nitrogens with one attached hydrogen (secondary N) is 1. The van der Waals surface area contributed by atoms with Crippen molar-refractivity contribution in [3.8, 4) is 0 Å². The SMILES string of the molecule is CC(C)C(CNC(=O)/C=C/c1ccc(F)cc1)N1CCOCC1. The first-order valence-electron chi connectivity index (χ1n) is 8.09. The molecule has 1 heterocycles. The molecule has 0 bridgehead atoms. The second-order valence-corrected chi connectivity index (χ2v) is 6.09. The summed E-state index contributed by atoms with van der Waals surface area (Å²) in [7, 11) is 0. The van der Waals surface area contributed by atoms with Crippen molar-refractivity contribution < 1.29 is 13.9 Å². The van der Waals surface area contributed by atoms with Crippen LogP contribution in [0, 0.1) is 11.7 Å². The summed E-state index contributed by atoms with van der Waals surface area (Å²) in [5.74, 6) is 0.0413. The number of ether oxygens (including phenoxy) is 1. The van der Waals surface area contributed by atoms with E-state index in [0.717, 1.165) is 31.9 Å². The third kappa shape index (κ3) is 5.77. The summed E-state index contributed by atoms with van der Waals surface area (Å²) >= 11 is 0. The molecule has 1 amide bonds. The molecule has 1 aromatic carbocycles. The molecule has 1 aliphatic rings. The Hall–Kier alpha value is -1.72. The number of amides is 1. The Bertz CT molecular complexity index is 522. The number of rotatable bonds is 6. The monoisotopic (exact) mass is 320 g/mol. The van der Waals surface area contributed by atoms with Crippen LogP contribution in [0.1, 0.15) is 19.4 Å². The van der Waals surface area contributed by atoms with Gasteiger partial charge in [0.1, 0.15) is 5.82 Å². The summed E-state index contributed by atoms with van der Waals surface area (Å²) in [6.45, 7) is 8.27. The molecule has 0 radical (unpaired) electrons. The molecule has 0 aliphatic carbocycles. The molecule has 1 saturated heterocycles. The maximum absolute atomic E-state index is 12.8. The van der Waals surface area contributed by atoms with Crippen LogP contribution in [0.2, 0.25) is 0 Å². The molecule has 1 N–H and O–H groups in total. The van der Waals surface area contributed by atoms with E-state index in [4.69, 9.17) is 4.74 Å². The van der Waals surface area contributed by atoms with Gasteiger partial charge in [-0.3, -0.25) is 9.69 Å². The second kappa shape index (κ2) is 8.79. The highest BCUT2D eigenvalue weighted by atomic mass is 19.1. The first kappa shape index (κ1) is 17.6. The molecule has 5 heteroatoms. The number of nitrogens with zero attached hydrogens (tertiary/aromatic N) is 1. The van der Waals surface area contributed by atoms with E-state index in [-0.39, 0.29) is 11.7 Å². The summed E-state index contributed by atoms with van der Waals surface area (Å²) in [5.41, 5.74) is 0.801. The van der Waals surface area contributed by atoms with Crippen LogP contribution in [0.5, 0.6) is 0 Å². The van der Waals surface area contributed by atoms with E-state index in [1.165, 1.54) is 18.2 Å². The lowest BCUT2D eigenvalue weighted by Gasteiger charge is -2.36. The van der Waals surface area contributed by atoms with Crippen molar-refractivity contribution in [1.82, 2.24) is 10.2 Å². The summed E-state index contributed by atoms with van der Waals surface area (Å²) in [5, 5.41) is 2.96. The Kier molecular flexibility index (Phi) is 6.74. The van der Waals surface area contributed by atoms with Crippen LogP contribution in [0.15, 0.2) is 30.3 Å². The quantitative estimate of drug-likeness (QED) is 0.818. The number of hydrogen-bond acceptors (Lipinski definition) is 3. The molecule has 1 aromatic rings. The van der Waals surface area contributed by atoms with Crippen LogP contribution in [-0.4, -0.2) is 49.7 Å². The molecular weight excluding hydrogens is 295 g/mol. The zero-order valence-electron chi connectivity index (χ0n) is 13.8. The molecule has 1 aliphatic heterocycles. The third-order valence-electron chi connectivity index (χ3n) is 4.07. The molecule has 1 atom stereocenters. The molecule has 126 valence electrons. The number of carbonyl (C=O) groups is 1. The van der Waals surface area contributed by atoms with Gasteiger partial charge in [0.25, 0.3) is 0 Å². The van der Waals surface area contributed by atoms with Crippen LogP contribution < -0.4 is 5.32 Å². The van der Waals surface area contributed by atoms with Gasteiger partial charge in [0.2, 0.25) is 5.91 Å². The number of morpholine rings is 1. The van der Waals surface area contributed by atoms with Gasteiger partial charge in [-0.25, -0.2) is 4.39 Å². The fraction of sp³-hybridized carbons (Fsp3) is 0.500. The van der Waals surface area contributed by atoms with Crippen molar-refractivity contribution >= 4 is 12.0 Å². The number of benzene rings is 1. The lowest BCUT2D eigenvalue weighted by Crippen LogP contribution is -2.51. The van der Waals surface area contributed by atoms with E-state index in [0.29, 0.717) is 18.5 Å². The van der Waals surface area contributed by atoms with Gasteiger partial charge in [-0.1, -0.05) is 26.0 Å². The van der Waals surface area contributed by atoms with Crippen molar-refractivity contribution in [1.29, 1.82) is 0 Å². The summed E-state index contributed by atoms with van der Waals surface area (Å²) in [4.78, 5) is 14.4. The highest BCUT2D eigenvalue weighted by Gasteiger charge is 2.23. The van der Waals surface area contributed by atoms with Gasteiger partial charge in [-0.05, 0) is 29.7 Å². The highest BCUT2D eigenvalue weighted by Crippen LogP contribution is 2.12. The third-order valence-corrected chi connectivity index (χ3v) is 4.07. The average Bonchev–Trinajstić information content (AvgIpc) is 2.55. The Morgan fingerprint density at radius 3 is 2.57 bits per heavy atom. The molecule has 23 heavy (non-hydrogen) atoms. The van der Waals surface area contributed by atoms with Gasteiger partial charge in [-0.15, -0.1) is 0 Å². The highest BCUT2D eigenvalue weighted by molar-refractivity contribution is 5.91. The summed E-state index contributed by atoms with van der Waals surface area (Å²) in [6.07, 6.45) is 3.18. The fourth-order valence-electron chi connectivity index (χ4n) is 2.71. The van der Waals surface area contributed by atoms with E-state index in [1.54, 1.807) is 18.2 Å². The van der Waals surface area contributed by atoms with E-state index >= 15 is 0 Å². The largest absolute Gasteiger partial charge is 0.379 e. The average molecular weight is 320 g/mol. The lowest BCUT2D eigenvalue weighted by molar-refractivity contribution is -0.116. The van der Waals surface area contributed by atoms with E-state index in [1.807, 2.05) is 0 Å².